The van der Waals surface area contributed by atoms with E-state index in [2.05, 4.69) is 41.4 Å². The van der Waals surface area contributed by atoms with Gasteiger partial charge in [-0.2, -0.15) is 0 Å². The van der Waals surface area contributed by atoms with E-state index >= 15 is 0 Å². The fourth-order valence-electron chi connectivity index (χ4n) is 3.11. The van der Waals surface area contributed by atoms with Crippen LogP contribution >= 0.6 is 11.3 Å². The summed E-state index contributed by atoms with van der Waals surface area (Å²) in [6.45, 7) is 4.45. The normalized spacial score (nSPS) is 14.1. The molecule has 0 bridgehead atoms. The maximum absolute atomic E-state index is 4.77. The highest BCUT2D eigenvalue weighted by atomic mass is 32.1. The number of hydrogen-bond donors (Lipinski definition) is 1. The number of nitrogens with one attached hydrogen (secondary N) is 1. The van der Waals surface area contributed by atoms with Gasteiger partial charge in [0.2, 0.25) is 0 Å². The van der Waals surface area contributed by atoms with E-state index in [-0.39, 0.29) is 0 Å². The van der Waals surface area contributed by atoms with Crippen LogP contribution in [0.4, 0.5) is 16.5 Å². The van der Waals surface area contributed by atoms with Crippen molar-refractivity contribution in [2.75, 3.05) is 23.3 Å². The zero-order valence-electron chi connectivity index (χ0n) is 12.7. The summed E-state index contributed by atoms with van der Waals surface area (Å²) in [5.74, 6) is 0. The van der Waals surface area contributed by atoms with Crippen molar-refractivity contribution in [1.82, 2.24) is 4.98 Å². The number of rotatable bonds is 3. The summed E-state index contributed by atoms with van der Waals surface area (Å²) in [5.41, 5.74) is 5.03. The van der Waals surface area contributed by atoms with E-state index in [1.807, 2.05) is 18.2 Å². The molecule has 0 saturated heterocycles. The molecule has 0 aliphatic carbocycles. The van der Waals surface area contributed by atoms with Crippen molar-refractivity contribution in [1.29, 1.82) is 0 Å². The molecule has 3 nitrogen and oxygen atoms in total. The summed E-state index contributed by atoms with van der Waals surface area (Å²) in [6, 6.07) is 14.8. The molecule has 112 valence electrons. The molecule has 4 heteroatoms. The van der Waals surface area contributed by atoms with Gasteiger partial charge < -0.3 is 10.2 Å². The summed E-state index contributed by atoms with van der Waals surface area (Å²) < 4.78 is 1.27. The molecule has 1 N–H and O–H groups in total. The van der Waals surface area contributed by atoms with E-state index in [0.717, 1.165) is 29.4 Å². The second kappa shape index (κ2) is 5.61. The SMILES string of the molecule is CCN1CCCc2cc3sc(Nc4ccccc4)nc3cc21. The first kappa shape index (κ1) is 13.6. The molecule has 0 unspecified atom stereocenters. The van der Waals surface area contributed by atoms with Crippen LogP contribution in [0.1, 0.15) is 18.9 Å². The molecule has 0 saturated carbocycles. The number of aromatic nitrogens is 1. The van der Waals surface area contributed by atoms with E-state index < -0.39 is 0 Å². The molecule has 22 heavy (non-hydrogen) atoms. The Hall–Kier alpha value is -2.07. The molecule has 2 heterocycles. The molecule has 2 aromatic carbocycles. The Balaban J connectivity index is 1.72. The van der Waals surface area contributed by atoms with Crippen LogP contribution in [0.15, 0.2) is 42.5 Å². The van der Waals surface area contributed by atoms with Crippen molar-refractivity contribution < 1.29 is 0 Å². The molecule has 1 aliphatic rings. The highest BCUT2D eigenvalue weighted by molar-refractivity contribution is 7.22. The highest BCUT2D eigenvalue weighted by Crippen LogP contribution is 2.35. The largest absolute Gasteiger partial charge is 0.372 e. The summed E-state index contributed by atoms with van der Waals surface area (Å²) in [5, 5.41) is 4.37. The number of anilines is 3. The number of para-hydroxylation sites is 1. The molecule has 3 aromatic rings. The quantitative estimate of drug-likeness (QED) is 0.752. The van der Waals surface area contributed by atoms with Crippen LogP contribution in [0.25, 0.3) is 10.2 Å². The van der Waals surface area contributed by atoms with Gasteiger partial charge in [-0.25, -0.2) is 4.98 Å². The lowest BCUT2D eigenvalue weighted by Gasteiger charge is -2.30. The molecule has 0 fully saturated rings. The molecule has 0 spiro atoms. The lowest BCUT2D eigenvalue weighted by Crippen LogP contribution is -2.28. The van der Waals surface area contributed by atoms with Crippen molar-refractivity contribution in [3.8, 4) is 0 Å². The average Bonchev–Trinajstić information content (AvgIpc) is 2.94. The Morgan fingerprint density at radius 1 is 1.23 bits per heavy atom. The summed E-state index contributed by atoms with van der Waals surface area (Å²) >= 11 is 1.73. The van der Waals surface area contributed by atoms with Crippen LogP contribution < -0.4 is 10.2 Å². The number of hydrogen-bond acceptors (Lipinski definition) is 4. The molecule has 0 atom stereocenters. The van der Waals surface area contributed by atoms with Crippen molar-refractivity contribution in [2.24, 2.45) is 0 Å². The minimum atomic E-state index is 0.964. The Morgan fingerprint density at radius 3 is 2.91 bits per heavy atom. The molecule has 1 aromatic heterocycles. The third-order valence-corrected chi connectivity index (χ3v) is 5.14. The molecule has 0 radical (unpaired) electrons. The molecule has 1 aliphatic heterocycles. The molecule has 0 amide bonds. The predicted octanol–water partition coefficient (Wildman–Crippen LogP) is 4.81. The third-order valence-electron chi connectivity index (χ3n) is 4.21. The van der Waals surface area contributed by atoms with Crippen LogP contribution in [0.5, 0.6) is 0 Å². The second-order valence-corrected chi connectivity index (χ2v) is 6.67. The zero-order chi connectivity index (χ0) is 14.9. The van der Waals surface area contributed by atoms with Crippen molar-refractivity contribution in [2.45, 2.75) is 19.8 Å². The van der Waals surface area contributed by atoms with Gasteiger partial charge in [0.05, 0.1) is 10.2 Å². The summed E-state index contributed by atoms with van der Waals surface area (Å²) in [7, 11) is 0. The number of aryl methyl sites for hydroxylation is 1. The minimum Gasteiger partial charge on any atom is -0.372 e. The van der Waals surface area contributed by atoms with E-state index in [9.17, 15) is 0 Å². The Kier molecular flexibility index (Phi) is 3.47. The van der Waals surface area contributed by atoms with Gasteiger partial charge in [-0.1, -0.05) is 29.5 Å². The van der Waals surface area contributed by atoms with Gasteiger partial charge in [-0.15, -0.1) is 0 Å². The predicted molar refractivity (Wildman–Crippen MR) is 95.6 cm³/mol. The number of thiazole rings is 1. The molecular weight excluding hydrogens is 290 g/mol. The fourth-order valence-corrected chi connectivity index (χ4v) is 4.04. The highest BCUT2D eigenvalue weighted by Gasteiger charge is 2.17. The molecule has 4 rings (SSSR count). The maximum atomic E-state index is 4.77. The van der Waals surface area contributed by atoms with Crippen LogP contribution in [0.2, 0.25) is 0 Å². The smallest absolute Gasteiger partial charge is 0.188 e. The number of fused-ring (bicyclic) bond motifs is 2. The monoisotopic (exact) mass is 309 g/mol. The van der Waals surface area contributed by atoms with E-state index in [1.165, 1.54) is 28.8 Å². The van der Waals surface area contributed by atoms with Crippen molar-refractivity contribution in [3.63, 3.8) is 0 Å². The van der Waals surface area contributed by atoms with Gasteiger partial charge in [0.1, 0.15) is 0 Å². The minimum absolute atomic E-state index is 0.964. The second-order valence-electron chi connectivity index (χ2n) is 5.64. The van der Waals surface area contributed by atoms with Gasteiger partial charge >= 0.3 is 0 Å². The Labute approximate surface area is 134 Å². The van der Waals surface area contributed by atoms with Crippen molar-refractivity contribution in [3.05, 3.63) is 48.0 Å². The van der Waals surface area contributed by atoms with Gasteiger partial charge in [0.25, 0.3) is 0 Å². The summed E-state index contributed by atoms with van der Waals surface area (Å²) in [6.07, 6.45) is 2.43. The van der Waals surface area contributed by atoms with Gasteiger partial charge in [-0.3, -0.25) is 0 Å². The first-order chi connectivity index (χ1) is 10.8. The summed E-state index contributed by atoms with van der Waals surface area (Å²) in [4.78, 5) is 7.23. The number of nitrogens with zero attached hydrogens (tertiary/aromatic N) is 2. The van der Waals surface area contributed by atoms with Crippen LogP contribution in [-0.2, 0) is 6.42 Å². The van der Waals surface area contributed by atoms with Gasteiger partial charge in [0.15, 0.2) is 5.13 Å². The van der Waals surface area contributed by atoms with E-state index in [0.29, 0.717) is 0 Å². The lowest BCUT2D eigenvalue weighted by molar-refractivity contribution is 0.709. The van der Waals surface area contributed by atoms with Crippen LogP contribution in [0, 0.1) is 0 Å². The van der Waals surface area contributed by atoms with Crippen LogP contribution in [0.3, 0.4) is 0 Å². The van der Waals surface area contributed by atoms with E-state index in [1.54, 1.807) is 11.3 Å². The van der Waals surface area contributed by atoms with Gasteiger partial charge in [-0.05, 0) is 49.6 Å². The first-order valence-electron chi connectivity index (χ1n) is 7.84. The van der Waals surface area contributed by atoms with Gasteiger partial charge in [0, 0.05) is 24.5 Å². The first-order valence-corrected chi connectivity index (χ1v) is 8.65. The topological polar surface area (TPSA) is 28.2 Å². The maximum Gasteiger partial charge on any atom is 0.188 e. The number of benzene rings is 2. The average molecular weight is 309 g/mol. The Bertz CT molecular complexity index is 795. The lowest BCUT2D eigenvalue weighted by atomic mass is 10.0. The van der Waals surface area contributed by atoms with E-state index in [4.69, 9.17) is 4.98 Å². The standard InChI is InChI=1S/C18H19N3S/c1-2-21-10-6-7-13-11-17-15(12-16(13)21)20-18(22-17)19-14-8-4-3-5-9-14/h3-5,8-9,11-12H,2,6-7,10H2,1H3,(H,19,20). The fraction of sp³-hybridized carbons (Fsp3) is 0.278. The third kappa shape index (κ3) is 2.44. The molecular formula is C18H19N3S. The zero-order valence-corrected chi connectivity index (χ0v) is 13.5. The van der Waals surface area contributed by atoms with Crippen LogP contribution in [-0.4, -0.2) is 18.1 Å². The van der Waals surface area contributed by atoms with Crippen molar-refractivity contribution >= 4 is 38.1 Å². The Morgan fingerprint density at radius 2 is 2.09 bits per heavy atom.